The SMILES string of the molecule is COc1cc(N2CCc3nc(-c4ccc(F)cc4)sc3C2=O)ccc1OC1CN(C)C1. The van der Waals surface area contributed by atoms with E-state index in [0.29, 0.717) is 29.3 Å². The van der Waals surface area contributed by atoms with Crippen molar-refractivity contribution in [2.75, 3.05) is 38.7 Å². The van der Waals surface area contributed by atoms with Crippen molar-refractivity contribution in [3.63, 3.8) is 0 Å². The minimum Gasteiger partial charge on any atom is -0.493 e. The summed E-state index contributed by atoms with van der Waals surface area (Å²) in [7, 11) is 3.66. The van der Waals surface area contributed by atoms with Crippen LogP contribution in [0, 0.1) is 5.82 Å². The molecule has 8 heteroatoms. The van der Waals surface area contributed by atoms with Gasteiger partial charge in [-0.2, -0.15) is 0 Å². The van der Waals surface area contributed by atoms with Crippen LogP contribution in [0.4, 0.5) is 10.1 Å². The van der Waals surface area contributed by atoms with Gasteiger partial charge < -0.3 is 14.4 Å². The Bertz CT molecular complexity index is 1130. The van der Waals surface area contributed by atoms with Crippen molar-refractivity contribution in [3.05, 3.63) is 58.9 Å². The van der Waals surface area contributed by atoms with Crippen LogP contribution in [0.3, 0.4) is 0 Å². The number of aromatic nitrogens is 1. The molecule has 2 aromatic carbocycles. The van der Waals surface area contributed by atoms with E-state index in [4.69, 9.17) is 9.47 Å². The van der Waals surface area contributed by atoms with E-state index < -0.39 is 0 Å². The van der Waals surface area contributed by atoms with E-state index >= 15 is 0 Å². The first kappa shape index (κ1) is 20.0. The summed E-state index contributed by atoms with van der Waals surface area (Å²) in [5, 5.41) is 0.729. The summed E-state index contributed by atoms with van der Waals surface area (Å²) in [5.41, 5.74) is 2.37. The Hall–Kier alpha value is -2.97. The van der Waals surface area contributed by atoms with Gasteiger partial charge >= 0.3 is 0 Å². The lowest BCUT2D eigenvalue weighted by atomic mass is 10.1. The average Bonchev–Trinajstić information content (AvgIpc) is 3.19. The molecule has 3 aromatic rings. The molecule has 0 atom stereocenters. The number of likely N-dealkylation sites (N-methyl/N-ethyl adjacent to an activating group) is 1. The standard InChI is InChI=1S/C23H22FN3O3S/c1-26-12-17(13-26)30-19-8-7-16(11-20(19)29-2)27-10-9-18-21(23(27)28)31-22(25-18)14-3-5-15(24)6-4-14/h3-8,11,17H,9-10,12-13H2,1-2H3. The van der Waals surface area contributed by atoms with E-state index in [0.717, 1.165) is 35.0 Å². The van der Waals surface area contributed by atoms with Gasteiger partial charge in [-0.15, -0.1) is 11.3 Å². The van der Waals surface area contributed by atoms with Gasteiger partial charge in [0.15, 0.2) is 11.5 Å². The molecule has 3 heterocycles. The Kier molecular flexibility index (Phi) is 5.11. The lowest BCUT2D eigenvalue weighted by Gasteiger charge is -2.36. The molecular formula is C23H22FN3O3S. The summed E-state index contributed by atoms with van der Waals surface area (Å²) in [6.45, 7) is 2.31. The Morgan fingerprint density at radius 1 is 1.13 bits per heavy atom. The maximum absolute atomic E-state index is 13.2. The van der Waals surface area contributed by atoms with Crippen molar-refractivity contribution >= 4 is 22.9 Å². The van der Waals surface area contributed by atoms with Gasteiger partial charge in [0, 0.05) is 43.4 Å². The normalized spacial score (nSPS) is 16.7. The maximum atomic E-state index is 13.2. The molecule has 2 aliphatic heterocycles. The fraction of sp³-hybridized carbons (Fsp3) is 0.304. The van der Waals surface area contributed by atoms with E-state index in [9.17, 15) is 9.18 Å². The van der Waals surface area contributed by atoms with Crippen molar-refractivity contribution in [2.45, 2.75) is 12.5 Å². The van der Waals surface area contributed by atoms with E-state index in [1.165, 1.54) is 23.5 Å². The first-order chi connectivity index (χ1) is 15.0. The van der Waals surface area contributed by atoms with Crippen LogP contribution in [-0.4, -0.2) is 55.7 Å². The van der Waals surface area contributed by atoms with Crippen LogP contribution in [0.15, 0.2) is 42.5 Å². The number of thiazole rings is 1. The summed E-state index contributed by atoms with van der Waals surface area (Å²) < 4.78 is 24.8. The molecule has 1 amide bonds. The van der Waals surface area contributed by atoms with E-state index in [-0.39, 0.29) is 17.8 Å². The van der Waals surface area contributed by atoms with Crippen molar-refractivity contribution in [1.82, 2.24) is 9.88 Å². The molecule has 0 spiro atoms. The summed E-state index contributed by atoms with van der Waals surface area (Å²) in [4.78, 5) is 22.4. The molecule has 2 aliphatic rings. The lowest BCUT2D eigenvalue weighted by molar-refractivity contribution is 0.0370. The van der Waals surface area contributed by atoms with Crippen molar-refractivity contribution in [3.8, 4) is 22.1 Å². The van der Waals surface area contributed by atoms with Crippen LogP contribution in [0.2, 0.25) is 0 Å². The van der Waals surface area contributed by atoms with E-state index in [1.54, 1.807) is 24.1 Å². The molecule has 0 aliphatic carbocycles. The zero-order valence-electron chi connectivity index (χ0n) is 17.3. The van der Waals surface area contributed by atoms with E-state index in [1.807, 2.05) is 18.2 Å². The van der Waals surface area contributed by atoms with Crippen molar-refractivity contribution in [2.24, 2.45) is 0 Å². The number of amides is 1. The maximum Gasteiger partial charge on any atom is 0.270 e. The largest absolute Gasteiger partial charge is 0.493 e. The monoisotopic (exact) mass is 439 g/mol. The summed E-state index contributed by atoms with van der Waals surface area (Å²) in [6, 6.07) is 11.8. The van der Waals surface area contributed by atoms with Crippen LogP contribution in [0.5, 0.6) is 11.5 Å². The molecular weight excluding hydrogens is 417 g/mol. The molecule has 160 valence electrons. The predicted molar refractivity (Wildman–Crippen MR) is 118 cm³/mol. The zero-order chi connectivity index (χ0) is 21.5. The number of hydrogen-bond acceptors (Lipinski definition) is 6. The van der Waals surface area contributed by atoms with Crippen LogP contribution in [-0.2, 0) is 6.42 Å². The van der Waals surface area contributed by atoms with Gasteiger partial charge in [0.05, 0.1) is 12.8 Å². The second kappa shape index (κ2) is 7.94. The van der Waals surface area contributed by atoms with Crippen molar-refractivity contribution < 1.29 is 18.7 Å². The Morgan fingerprint density at radius 3 is 2.61 bits per heavy atom. The Balaban J connectivity index is 1.38. The number of methoxy groups -OCH3 is 1. The fourth-order valence-electron chi connectivity index (χ4n) is 3.91. The van der Waals surface area contributed by atoms with Gasteiger partial charge in [0.2, 0.25) is 0 Å². The number of carbonyl (C=O) groups is 1. The smallest absolute Gasteiger partial charge is 0.270 e. The van der Waals surface area contributed by atoms with Gasteiger partial charge in [-0.3, -0.25) is 9.69 Å². The fourth-order valence-corrected chi connectivity index (χ4v) is 4.98. The van der Waals surface area contributed by atoms with Gasteiger partial charge in [0.1, 0.15) is 21.8 Å². The average molecular weight is 440 g/mol. The molecule has 1 aromatic heterocycles. The molecule has 0 saturated carbocycles. The van der Waals surface area contributed by atoms with Crippen molar-refractivity contribution in [1.29, 1.82) is 0 Å². The van der Waals surface area contributed by atoms with Gasteiger partial charge in [-0.05, 0) is 43.4 Å². The predicted octanol–water partition coefficient (Wildman–Crippen LogP) is 3.85. The van der Waals surface area contributed by atoms with E-state index in [2.05, 4.69) is 16.9 Å². The second-order valence-corrected chi connectivity index (χ2v) is 8.80. The molecule has 6 nitrogen and oxygen atoms in total. The number of fused-ring (bicyclic) bond motifs is 1. The highest BCUT2D eigenvalue weighted by Crippen LogP contribution is 2.37. The highest BCUT2D eigenvalue weighted by molar-refractivity contribution is 7.17. The highest BCUT2D eigenvalue weighted by Gasteiger charge is 2.31. The number of anilines is 1. The van der Waals surface area contributed by atoms with Crippen LogP contribution < -0.4 is 14.4 Å². The Morgan fingerprint density at radius 2 is 1.90 bits per heavy atom. The van der Waals surface area contributed by atoms with Crippen LogP contribution in [0.25, 0.3) is 10.6 Å². The molecule has 31 heavy (non-hydrogen) atoms. The Labute approximate surface area is 183 Å². The third-order valence-corrected chi connectivity index (χ3v) is 6.72. The molecule has 0 radical (unpaired) electrons. The van der Waals surface area contributed by atoms with Gasteiger partial charge in [-0.1, -0.05) is 0 Å². The topological polar surface area (TPSA) is 54.9 Å². The van der Waals surface area contributed by atoms with Crippen LogP contribution in [0.1, 0.15) is 15.4 Å². The van der Waals surface area contributed by atoms with Gasteiger partial charge in [0.25, 0.3) is 5.91 Å². The third-order valence-electron chi connectivity index (χ3n) is 5.58. The number of nitrogens with zero attached hydrogens (tertiary/aromatic N) is 3. The minimum atomic E-state index is -0.293. The molecule has 5 rings (SSSR count). The molecule has 0 N–H and O–H groups in total. The first-order valence-electron chi connectivity index (χ1n) is 10.1. The third kappa shape index (κ3) is 3.77. The molecule has 1 fully saturated rings. The second-order valence-electron chi connectivity index (χ2n) is 7.80. The zero-order valence-corrected chi connectivity index (χ0v) is 18.1. The van der Waals surface area contributed by atoms with Gasteiger partial charge in [-0.25, -0.2) is 9.37 Å². The number of ether oxygens (including phenoxy) is 2. The number of carbonyl (C=O) groups excluding carboxylic acids is 1. The number of rotatable bonds is 5. The molecule has 1 saturated heterocycles. The number of hydrogen-bond donors (Lipinski definition) is 0. The summed E-state index contributed by atoms with van der Waals surface area (Å²) in [6.07, 6.45) is 0.819. The first-order valence-corrected chi connectivity index (χ1v) is 10.9. The molecule has 0 bridgehead atoms. The lowest BCUT2D eigenvalue weighted by Crippen LogP contribution is -2.51. The number of likely N-dealkylation sites (tertiary alicyclic amines) is 1. The highest BCUT2D eigenvalue weighted by atomic mass is 32.1. The molecule has 0 unspecified atom stereocenters. The summed E-state index contributed by atoms with van der Waals surface area (Å²) in [5.74, 6) is 0.925. The van der Waals surface area contributed by atoms with Crippen LogP contribution >= 0.6 is 11.3 Å². The number of halogens is 1. The number of benzene rings is 2. The quantitative estimate of drug-likeness (QED) is 0.604. The summed E-state index contributed by atoms with van der Waals surface area (Å²) >= 11 is 1.35. The minimum absolute atomic E-state index is 0.0801.